The number of esters is 1. The van der Waals surface area contributed by atoms with Crippen LogP contribution in [0.2, 0.25) is 0 Å². The van der Waals surface area contributed by atoms with E-state index in [1.54, 1.807) is 31.2 Å². The third-order valence-electron chi connectivity index (χ3n) is 4.92. The van der Waals surface area contributed by atoms with Gasteiger partial charge in [-0.05, 0) is 48.3 Å². The van der Waals surface area contributed by atoms with Crippen LogP contribution in [0.25, 0.3) is 0 Å². The van der Waals surface area contributed by atoms with E-state index in [-0.39, 0.29) is 18.6 Å². The SMILES string of the molecule is CCOc1cccc(CC(=O)NC2C(=O)N(CC(=O)O)C2C(C)=C[S+]([O-])CCC(=O)OC)c1. The van der Waals surface area contributed by atoms with Gasteiger partial charge in [0.25, 0.3) is 0 Å². The molecule has 1 aromatic carbocycles. The fourth-order valence-electron chi connectivity index (χ4n) is 3.46. The van der Waals surface area contributed by atoms with Gasteiger partial charge in [0.05, 0.1) is 32.6 Å². The first-order valence-corrected chi connectivity index (χ1v) is 11.7. The van der Waals surface area contributed by atoms with E-state index >= 15 is 0 Å². The van der Waals surface area contributed by atoms with Crippen LogP contribution in [-0.4, -0.2) is 76.4 Å². The molecule has 1 heterocycles. The number of likely N-dealkylation sites (tertiary alicyclic amines) is 1. The van der Waals surface area contributed by atoms with Gasteiger partial charge in [0, 0.05) is 0 Å². The molecule has 0 aliphatic carbocycles. The first-order chi connectivity index (χ1) is 15.7. The second-order valence-corrected chi connectivity index (χ2v) is 8.79. The number of carboxylic acid groups (broad SMARTS) is 1. The predicted molar refractivity (Wildman–Crippen MR) is 120 cm³/mol. The number of carboxylic acids is 1. The van der Waals surface area contributed by atoms with Gasteiger partial charge in [-0.25, -0.2) is 0 Å². The number of carbonyl (C=O) groups excluding carboxylic acids is 3. The number of nitrogens with zero attached hydrogens (tertiary/aromatic N) is 1. The lowest BCUT2D eigenvalue weighted by Crippen LogP contribution is -2.71. The largest absolute Gasteiger partial charge is 0.612 e. The molecule has 10 nitrogen and oxygen atoms in total. The zero-order valence-corrected chi connectivity index (χ0v) is 19.6. The van der Waals surface area contributed by atoms with E-state index < -0.39 is 53.6 Å². The Hall–Kier alpha value is -3.05. The molecule has 3 unspecified atom stereocenters. The molecule has 2 N–H and O–H groups in total. The number of benzene rings is 1. The Morgan fingerprint density at radius 1 is 1.33 bits per heavy atom. The minimum absolute atomic E-state index is 0.00413. The zero-order valence-electron chi connectivity index (χ0n) is 18.7. The maximum absolute atomic E-state index is 12.6. The van der Waals surface area contributed by atoms with Gasteiger partial charge >= 0.3 is 11.9 Å². The number of ether oxygens (including phenoxy) is 2. The quantitative estimate of drug-likeness (QED) is 0.252. The normalized spacial score (nSPS) is 18.8. The summed E-state index contributed by atoms with van der Waals surface area (Å²) in [5.41, 5.74) is 1.16. The van der Waals surface area contributed by atoms with Crippen LogP contribution in [-0.2, 0) is 41.5 Å². The number of aliphatic carboxylic acids is 1. The van der Waals surface area contributed by atoms with Crippen molar-refractivity contribution < 1.29 is 38.3 Å². The highest BCUT2D eigenvalue weighted by atomic mass is 32.2. The third-order valence-corrected chi connectivity index (χ3v) is 6.16. The fraction of sp³-hybridized carbons (Fsp3) is 0.455. The van der Waals surface area contributed by atoms with Gasteiger partial charge in [-0.3, -0.25) is 19.2 Å². The molecule has 0 spiro atoms. The third kappa shape index (κ3) is 7.50. The fourth-order valence-corrected chi connectivity index (χ4v) is 4.50. The van der Waals surface area contributed by atoms with E-state index in [1.165, 1.54) is 12.5 Å². The molecule has 0 bridgehead atoms. The van der Waals surface area contributed by atoms with Gasteiger partial charge in [-0.1, -0.05) is 12.1 Å². The number of β-lactam (4-membered cyclic amide) rings is 1. The first-order valence-electron chi connectivity index (χ1n) is 10.3. The number of amides is 2. The van der Waals surface area contributed by atoms with Gasteiger partial charge in [0.2, 0.25) is 11.8 Å². The number of methoxy groups -OCH3 is 1. The summed E-state index contributed by atoms with van der Waals surface area (Å²) in [6.07, 6.45) is -0.0412. The second kappa shape index (κ2) is 12.3. The van der Waals surface area contributed by atoms with Gasteiger partial charge < -0.3 is 29.3 Å². The van der Waals surface area contributed by atoms with E-state index in [2.05, 4.69) is 10.1 Å². The van der Waals surface area contributed by atoms with Crippen molar-refractivity contribution in [2.24, 2.45) is 0 Å². The van der Waals surface area contributed by atoms with Crippen molar-refractivity contribution in [3.8, 4) is 5.75 Å². The monoisotopic (exact) mass is 480 g/mol. The van der Waals surface area contributed by atoms with Crippen molar-refractivity contribution >= 4 is 34.9 Å². The number of carbonyl (C=O) groups is 4. The van der Waals surface area contributed by atoms with E-state index in [0.717, 1.165) is 4.90 Å². The summed E-state index contributed by atoms with van der Waals surface area (Å²) in [6, 6.07) is 5.30. The van der Waals surface area contributed by atoms with E-state index in [9.17, 15) is 23.7 Å². The zero-order chi connectivity index (χ0) is 24.5. The molecule has 1 saturated heterocycles. The molecular formula is C22H28N2O8S. The summed E-state index contributed by atoms with van der Waals surface area (Å²) in [7, 11) is 1.23. The lowest BCUT2D eigenvalue weighted by atomic mass is 9.89. The topological polar surface area (TPSA) is 145 Å². The first kappa shape index (κ1) is 26.2. The highest BCUT2D eigenvalue weighted by molar-refractivity contribution is 7.94. The van der Waals surface area contributed by atoms with Crippen LogP contribution in [0.1, 0.15) is 25.8 Å². The summed E-state index contributed by atoms with van der Waals surface area (Å²) in [6.45, 7) is 3.39. The molecule has 2 amide bonds. The molecule has 11 heteroatoms. The molecule has 3 atom stereocenters. The molecule has 1 aliphatic rings. The van der Waals surface area contributed by atoms with Crippen molar-refractivity contribution in [1.29, 1.82) is 0 Å². The van der Waals surface area contributed by atoms with Crippen molar-refractivity contribution in [2.75, 3.05) is 26.0 Å². The highest BCUT2D eigenvalue weighted by Crippen LogP contribution is 2.27. The van der Waals surface area contributed by atoms with Crippen LogP contribution in [0.3, 0.4) is 0 Å². The maximum atomic E-state index is 12.6. The molecule has 2 rings (SSSR count). The van der Waals surface area contributed by atoms with Gasteiger partial charge in [0.15, 0.2) is 0 Å². The highest BCUT2D eigenvalue weighted by Gasteiger charge is 2.50. The molecular weight excluding hydrogens is 452 g/mol. The average Bonchev–Trinajstić information content (AvgIpc) is 2.76. The lowest BCUT2D eigenvalue weighted by molar-refractivity contribution is -0.157. The lowest BCUT2D eigenvalue weighted by Gasteiger charge is -2.46. The van der Waals surface area contributed by atoms with Crippen LogP contribution in [0.15, 0.2) is 35.2 Å². The standard InChI is InChI=1S/C22H28N2O8S/c1-4-32-16-7-5-6-15(10-16)11-17(25)23-20-21(24(22(20)29)12-18(26)27)14(2)13-33(30)9-8-19(28)31-3/h5-7,10,13,20-21H,4,8-9,11-12H2,1-3H3,(H,23,25)(H,26,27). The van der Waals surface area contributed by atoms with Crippen LogP contribution in [0, 0.1) is 0 Å². The molecule has 1 aliphatic heterocycles. The van der Waals surface area contributed by atoms with Gasteiger partial charge in [-0.2, -0.15) is 0 Å². The minimum atomic E-state index is -1.54. The Balaban J connectivity index is 2.09. The molecule has 33 heavy (non-hydrogen) atoms. The van der Waals surface area contributed by atoms with Crippen molar-refractivity contribution in [3.05, 3.63) is 40.8 Å². The Labute approximate surface area is 195 Å². The number of hydrogen-bond donors (Lipinski definition) is 2. The maximum Gasteiger partial charge on any atom is 0.323 e. The summed E-state index contributed by atoms with van der Waals surface area (Å²) in [4.78, 5) is 48.7. The minimum Gasteiger partial charge on any atom is -0.612 e. The number of hydrogen-bond acceptors (Lipinski definition) is 7. The van der Waals surface area contributed by atoms with Crippen LogP contribution >= 0.6 is 0 Å². The second-order valence-electron chi connectivity index (χ2n) is 7.38. The van der Waals surface area contributed by atoms with Crippen molar-refractivity contribution in [3.63, 3.8) is 0 Å². The van der Waals surface area contributed by atoms with Crippen LogP contribution in [0.4, 0.5) is 0 Å². The number of rotatable bonds is 12. The Kier molecular flexibility index (Phi) is 9.74. The van der Waals surface area contributed by atoms with Crippen LogP contribution < -0.4 is 10.1 Å². The smallest absolute Gasteiger partial charge is 0.323 e. The van der Waals surface area contributed by atoms with Crippen LogP contribution in [0.5, 0.6) is 5.75 Å². The Morgan fingerprint density at radius 3 is 2.70 bits per heavy atom. The molecule has 180 valence electrons. The van der Waals surface area contributed by atoms with Crippen molar-refractivity contribution in [2.45, 2.75) is 38.8 Å². The summed E-state index contributed by atoms with van der Waals surface area (Å²) in [5.74, 6) is -2.00. The Morgan fingerprint density at radius 2 is 2.06 bits per heavy atom. The molecule has 0 radical (unpaired) electrons. The summed E-state index contributed by atoms with van der Waals surface area (Å²) < 4.78 is 22.2. The van der Waals surface area contributed by atoms with E-state index in [0.29, 0.717) is 23.5 Å². The summed E-state index contributed by atoms with van der Waals surface area (Å²) in [5, 5.41) is 13.2. The predicted octanol–water partition coefficient (Wildman–Crippen LogP) is 0.624. The van der Waals surface area contributed by atoms with Gasteiger partial charge in [-0.15, -0.1) is 0 Å². The molecule has 0 saturated carbocycles. The molecule has 1 aromatic rings. The molecule has 0 aromatic heterocycles. The average molecular weight is 481 g/mol. The number of nitrogens with one attached hydrogen (secondary N) is 1. The van der Waals surface area contributed by atoms with E-state index in [4.69, 9.17) is 9.84 Å². The van der Waals surface area contributed by atoms with Gasteiger partial charge in [0.1, 0.15) is 29.5 Å². The molecule has 1 fully saturated rings. The Bertz CT molecular complexity index is 919. The van der Waals surface area contributed by atoms with Crippen molar-refractivity contribution in [1.82, 2.24) is 10.2 Å². The van der Waals surface area contributed by atoms with E-state index in [1.807, 2.05) is 6.92 Å². The summed E-state index contributed by atoms with van der Waals surface area (Å²) >= 11 is -1.54.